The lowest BCUT2D eigenvalue weighted by Gasteiger charge is -2.27. The molecule has 0 bridgehead atoms. The molecule has 166 valence electrons. The van der Waals surface area contributed by atoms with Crippen LogP contribution in [-0.2, 0) is 0 Å². The van der Waals surface area contributed by atoms with Crippen molar-refractivity contribution in [1.82, 2.24) is 19.9 Å². The van der Waals surface area contributed by atoms with Gasteiger partial charge in [0.1, 0.15) is 5.82 Å². The van der Waals surface area contributed by atoms with E-state index in [4.69, 9.17) is 4.98 Å². The summed E-state index contributed by atoms with van der Waals surface area (Å²) in [6, 6.07) is 14.8. The Balaban J connectivity index is 1.26. The van der Waals surface area contributed by atoms with Gasteiger partial charge in [-0.3, -0.25) is 14.8 Å². The van der Waals surface area contributed by atoms with Crippen LogP contribution in [-0.4, -0.2) is 38.9 Å². The number of hydrogen-bond donors (Lipinski definition) is 2. The largest absolute Gasteiger partial charge is 0.341 e. The van der Waals surface area contributed by atoms with Crippen molar-refractivity contribution in [2.75, 3.05) is 28.6 Å². The number of carbonyl (C=O) groups excluding carboxylic acids is 1. The molecule has 5 rings (SSSR count). The first-order valence-electron chi connectivity index (χ1n) is 11.1. The van der Waals surface area contributed by atoms with Crippen LogP contribution in [0.4, 0.5) is 23.1 Å². The van der Waals surface area contributed by atoms with Crippen molar-refractivity contribution in [3.63, 3.8) is 0 Å². The van der Waals surface area contributed by atoms with Crippen molar-refractivity contribution in [3.05, 3.63) is 72.2 Å². The molecule has 1 amide bonds. The lowest BCUT2D eigenvalue weighted by atomic mass is 10.1. The molecule has 0 aliphatic carbocycles. The summed E-state index contributed by atoms with van der Waals surface area (Å²) in [7, 11) is 0. The zero-order valence-electron chi connectivity index (χ0n) is 18.5. The fourth-order valence-corrected chi connectivity index (χ4v) is 3.94. The summed E-state index contributed by atoms with van der Waals surface area (Å²) in [6.07, 6.45) is 6.88. The number of piperidine rings is 1. The van der Waals surface area contributed by atoms with Crippen molar-refractivity contribution in [2.24, 2.45) is 0 Å². The molecular weight excluding hydrogens is 414 g/mol. The van der Waals surface area contributed by atoms with E-state index < -0.39 is 0 Å². The summed E-state index contributed by atoms with van der Waals surface area (Å²) < 4.78 is 0. The van der Waals surface area contributed by atoms with Crippen molar-refractivity contribution in [3.8, 4) is 0 Å². The molecule has 33 heavy (non-hydrogen) atoms. The summed E-state index contributed by atoms with van der Waals surface area (Å²) in [4.78, 5) is 32.7. The topological polar surface area (TPSA) is 95.9 Å². The average Bonchev–Trinajstić information content (AvgIpc) is 2.85. The first-order chi connectivity index (χ1) is 16.1. The van der Waals surface area contributed by atoms with Gasteiger partial charge in [-0.05, 0) is 68.7 Å². The number of nitrogens with one attached hydrogen (secondary N) is 2. The molecule has 8 heteroatoms. The molecule has 1 aliphatic rings. The Labute approximate surface area is 192 Å². The predicted molar refractivity (Wildman–Crippen MR) is 130 cm³/mol. The van der Waals surface area contributed by atoms with Crippen molar-refractivity contribution in [1.29, 1.82) is 0 Å². The number of rotatable bonds is 5. The molecule has 8 nitrogen and oxygen atoms in total. The fraction of sp³-hybridized carbons (Fsp3) is 0.240. The number of amides is 1. The SMILES string of the molecule is Cc1cc(Nc2ccc(NC(=O)c3ccc4nccnc4c3)cc2)nc(N2CCCCC2)n1. The van der Waals surface area contributed by atoms with Gasteiger partial charge in [0, 0.05) is 54.2 Å². The second kappa shape index (κ2) is 9.20. The number of aryl methyl sites for hydroxylation is 1. The molecule has 2 aromatic heterocycles. The Morgan fingerprint density at radius 2 is 1.58 bits per heavy atom. The van der Waals surface area contributed by atoms with Gasteiger partial charge in [-0.1, -0.05) is 0 Å². The highest BCUT2D eigenvalue weighted by atomic mass is 16.1. The maximum Gasteiger partial charge on any atom is 0.255 e. The van der Waals surface area contributed by atoms with Crippen LogP contribution in [0.25, 0.3) is 11.0 Å². The van der Waals surface area contributed by atoms with E-state index in [1.807, 2.05) is 37.3 Å². The van der Waals surface area contributed by atoms with Crippen LogP contribution < -0.4 is 15.5 Å². The molecule has 0 atom stereocenters. The van der Waals surface area contributed by atoms with E-state index in [1.165, 1.54) is 19.3 Å². The maximum atomic E-state index is 12.7. The molecular formula is C25H25N7O. The van der Waals surface area contributed by atoms with Crippen LogP contribution in [0.3, 0.4) is 0 Å². The van der Waals surface area contributed by atoms with E-state index in [-0.39, 0.29) is 5.91 Å². The monoisotopic (exact) mass is 439 g/mol. The number of fused-ring (bicyclic) bond motifs is 1. The Hall–Kier alpha value is -4.07. The second-order valence-electron chi connectivity index (χ2n) is 8.16. The Morgan fingerprint density at radius 1 is 0.848 bits per heavy atom. The molecule has 3 heterocycles. The van der Waals surface area contributed by atoms with Crippen molar-refractivity contribution >= 4 is 40.1 Å². The predicted octanol–water partition coefficient (Wildman–Crippen LogP) is 4.71. The molecule has 0 radical (unpaired) electrons. The van der Waals surface area contributed by atoms with Gasteiger partial charge in [-0.2, -0.15) is 4.98 Å². The van der Waals surface area contributed by atoms with Gasteiger partial charge >= 0.3 is 0 Å². The lowest BCUT2D eigenvalue weighted by molar-refractivity contribution is 0.102. The number of aromatic nitrogens is 4. The second-order valence-corrected chi connectivity index (χ2v) is 8.16. The van der Waals surface area contributed by atoms with Gasteiger partial charge in [0.15, 0.2) is 0 Å². The number of anilines is 4. The zero-order chi connectivity index (χ0) is 22.6. The Morgan fingerprint density at radius 3 is 2.36 bits per heavy atom. The minimum absolute atomic E-state index is 0.194. The molecule has 0 saturated carbocycles. The molecule has 0 unspecified atom stereocenters. The summed E-state index contributed by atoms with van der Waals surface area (Å²) >= 11 is 0. The zero-order valence-corrected chi connectivity index (χ0v) is 18.5. The van der Waals surface area contributed by atoms with Crippen LogP contribution >= 0.6 is 0 Å². The Bertz CT molecular complexity index is 1280. The van der Waals surface area contributed by atoms with Crippen molar-refractivity contribution in [2.45, 2.75) is 26.2 Å². The van der Waals surface area contributed by atoms with Crippen LogP contribution in [0.2, 0.25) is 0 Å². The third-order valence-electron chi connectivity index (χ3n) is 5.63. The van der Waals surface area contributed by atoms with Gasteiger partial charge < -0.3 is 15.5 Å². The van der Waals surface area contributed by atoms with E-state index in [0.29, 0.717) is 16.8 Å². The molecule has 1 fully saturated rings. The van der Waals surface area contributed by atoms with E-state index >= 15 is 0 Å². The van der Waals surface area contributed by atoms with Crippen LogP contribution in [0, 0.1) is 6.92 Å². The van der Waals surface area contributed by atoms with E-state index in [2.05, 4.69) is 30.5 Å². The Kier molecular flexibility index (Phi) is 5.80. The minimum Gasteiger partial charge on any atom is -0.341 e. The van der Waals surface area contributed by atoms with E-state index in [9.17, 15) is 4.79 Å². The normalized spacial score (nSPS) is 13.7. The summed E-state index contributed by atoms with van der Waals surface area (Å²) in [6.45, 7) is 3.99. The molecule has 1 saturated heterocycles. The number of benzene rings is 2. The molecule has 2 N–H and O–H groups in total. The molecule has 0 spiro atoms. The lowest BCUT2D eigenvalue weighted by Crippen LogP contribution is -2.31. The third kappa shape index (κ3) is 4.90. The molecule has 4 aromatic rings. The van der Waals surface area contributed by atoms with E-state index in [0.717, 1.165) is 41.8 Å². The highest BCUT2D eigenvalue weighted by Crippen LogP contribution is 2.22. The molecule has 2 aromatic carbocycles. The van der Waals surface area contributed by atoms with Crippen LogP contribution in [0.5, 0.6) is 0 Å². The van der Waals surface area contributed by atoms with Crippen molar-refractivity contribution < 1.29 is 4.79 Å². The number of hydrogen-bond acceptors (Lipinski definition) is 7. The average molecular weight is 440 g/mol. The maximum absolute atomic E-state index is 12.7. The highest BCUT2D eigenvalue weighted by Gasteiger charge is 2.15. The number of carbonyl (C=O) groups is 1. The smallest absolute Gasteiger partial charge is 0.255 e. The quantitative estimate of drug-likeness (QED) is 0.465. The summed E-state index contributed by atoms with van der Waals surface area (Å²) in [5.41, 5.74) is 4.50. The van der Waals surface area contributed by atoms with Gasteiger partial charge in [0.2, 0.25) is 5.95 Å². The molecule has 1 aliphatic heterocycles. The van der Waals surface area contributed by atoms with Crippen LogP contribution in [0.15, 0.2) is 60.9 Å². The first-order valence-corrected chi connectivity index (χ1v) is 11.1. The summed E-state index contributed by atoms with van der Waals surface area (Å²) in [5, 5.41) is 6.28. The number of nitrogens with zero attached hydrogens (tertiary/aromatic N) is 5. The van der Waals surface area contributed by atoms with Gasteiger partial charge in [-0.15, -0.1) is 0 Å². The van der Waals surface area contributed by atoms with Gasteiger partial charge in [0.25, 0.3) is 5.91 Å². The van der Waals surface area contributed by atoms with Gasteiger partial charge in [0.05, 0.1) is 11.0 Å². The van der Waals surface area contributed by atoms with E-state index in [1.54, 1.807) is 30.6 Å². The standard InChI is InChI=1S/C25H25N7O/c1-17-15-23(31-25(28-17)32-13-3-2-4-14-32)29-19-6-8-20(9-7-19)30-24(33)18-5-10-21-22(16-18)27-12-11-26-21/h5-12,15-16H,2-4,13-14H2,1H3,(H,30,33)(H,28,29,31). The summed E-state index contributed by atoms with van der Waals surface area (Å²) in [5.74, 6) is 1.35. The van der Waals surface area contributed by atoms with Gasteiger partial charge in [-0.25, -0.2) is 4.98 Å². The first kappa shape index (κ1) is 20.8. The van der Waals surface area contributed by atoms with Crippen LogP contribution in [0.1, 0.15) is 35.3 Å². The third-order valence-corrected chi connectivity index (χ3v) is 5.63. The fourth-order valence-electron chi connectivity index (χ4n) is 3.94. The highest BCUT2D eigenvalue weighted by molar-refractivity contribution is 6.05. The minimum atomic E-state index is -0.194.